The van der Waals surface area contributed by atoms with E-state index >= 15 is 0 Å². The van der Waals surface area contributed by atoms with Crippen molar-refractivity contribution in [3.05, 3.63) is 12.2 Å². The lowest BCUT2D eigenvalue weighted by Gasteiger charge is -2.34. The van der Waals surface area contributed by atoms with Crippen LogP contribution in [0.1, 0.15) is 39.5 Å². The molecule has 1 heteroatoms. The van der Waals surface area contributed by atoms with Gasteiger partial charge in [-0.1, -0.05) is 31.9 Å². The van der Waals surface area contributed by atoms with E-state index in [0.717, 1.165) is 0 Å². The van der Waals surface area contributed by atoms with Crippen molar-refractivity contribution in [3.8, 4) is 0 Å². The summed E-state index contributed by atoms with van der Waals surface area (Å²) >= 11 is 0. The lowest BCUT2D eigenvalue weighted by atomic mass is 9.78. The van der Waals surface area contributed by atoms with Crippen LogP contribution < -0.4 is 5.32 Å². The van der Waals surface area contributed by atoms with Gasteiger partial charge in [0.1, 0.15) is 0 Å². The number of likely N-dealkylation sites (N-methyl/N-ethyl adjacent to an activating group) is 1. The second kappa shape index (κ2) is 3.61. The SMILES string of the molecule is C=C(C)C(NC)C1(C)CCCC1. The minimum Gasteiger partial charge on any atom is -0.313 e. The molecule has 0 amide bonds. The second-order valence-electron chi connectivity index (χ2n) is 4.43. The first kappa shape index (κ1) is 9.79. The molecular formula is C11H21N. The first-order chi connectivity index (χ1) is 5.60. The molecule has 1 N–H and O–H groups in total. The fourth-order valence-electron chi connectivity index (χ4n) is 2.66. The van der Waals surface area contributed by atoms with E-state index in [1.54, 1.807) is 0 Å². The van der Waals surface area contributed by atoms with Crippen LogP contribution in [0.2, 0.25) is 0 Å². The molecule has 1 rings (SSSR count). The molecule has 1 fully saturated rings. The number of nitrogens with one attached hydrogen (secondary N) is 1. The fourth-order valence-corrected chi connectivity index (χ4v) is 2.66. The van der Waals surface area contributed by atoms with Gasteiger partial charge in [-0.2, -0.15) is 0 Å². The summed E-state index contributed by atoms with van der Waals surface area (Å²) in [5.74, 6) is 0. The molecule has 0 aromatic rings. The molecule has 1 aliphatic rings. The van der Waals surface area contributed by atoms with Crippen LogP contribution in [0.5, 0.6) is 0 Å². The Morgan fingerprint density at radius 2 is 1.92 bits per heavy atom. The summed E-state index contributed by atoms with van der Waals surface area (Å²) in [6.07, 6.45) is 5.49. The zero-order valence-corrected chi connectivity index (χ0v) is 8.61. The van der Waals surface area contributed by atoms with Gasteiger partial charge in [-0.25, -0.2) is 0 Å². The maximum absolute atomic E-state index is 4.05. The maximum Gasteiger partial charge on any atom is 0.0325 e. The lowest BCUT2D eigenvalue weighted by molar-refractivity contribution is 0.260. The highest BCUT2D eigenvalue weighted by Crippen LogP contribution is 2.42. The Kier molecular flexibility index (Phi) is 2.94. The quantitative estimate of drug-likeness (QED) is 0.637. The van der Waals surface area contributed by atoms with Gasteiger partial charge in [0.2, 0.25) is 0 Å². The zero-order chi connectivity index (χ0) is 9.19. The van der Waals surface area contributed by atoms with Gasteiger partial charge in [0.05, 0.1) is 0 Å². The highest BCUT2D eigenvalue weighted by Gasteiger charge is 2.36. The first-order valence-corrected chi connectivity index (χ1v) is 4.93. The Labute approximate surface area is 76.2 Å². The van der Waals surface area contributed by atoms with E-state index in [0.29, 0.717) is 11.5 Å². The van der Waals surface area contributed by atoms with E-state index in [2.05, 4.69) is 25.7 Å². The number of hydrogen-bond acceptors (Lipinski definition) is 1. The molecule has 0 radical (unpaired) electrons. The molecule has 1 saturated carbocycles. The van der Waals surface area contributed by atoms with Crippen molar-refractivity contribution in [2.24, 2.45) is 5.41 Å². The predicted octanol–water partition coefficient (Wildman–Crippen LogP) is 2.73. The third-order valence-electron chi connectivity index (χ3n) is 3.22. The van der Waals surface area contributed by atoms with Crippen molar-refractivity contribution < 1.29 is 0 Å². The van der Waals surface area contributed by atoms with Crippen molar-refractivity contribution in [2.45, 2.75) is 45.6 Å². The van der Waals surface area contributed by atoms with E-state index in [1.165, 1.54) is 31.3 Å². The minimum atomic E-state index is 0.473. The molecular weight excluding hydrogens is 146 g/mol. The van der Waals surface area contributed by atoms with Gasteiger partial charge in [-0.15, -0.1) is 0 Å². The summed E-state index contributed by atoms with van der Waals surface area (Å²) in [7, 11) is 2.04. The standard InChI is InChI=1S/C11H21N/c1-9(2)10(12-4)11(3)7-5-6-8-11/h10,12H,1,5-8H2,2-4H3. The Morgan fingerprint density at radius 3 is 2.25 bits per heavy atom. The average molecular weight is 167 g/mol. The van der Waals surface area contributed by atoms with Crippen LogP contribution in [0.15, 0.2) is 12.2 Å². The third kappa shape index (κ3) is 1.71. The van der Waals surface area contributed by atoms with E-state index in [9.17, 15) is 0 Å². The van der Waals surface area contributed by atoms with E-state index in [-0.39, 0.29) is 0 Å². The Balaban J connectivity index is 2.69. The van der Waals surface area contributed by atoms with E-state index < -0.39 is 0 Å². The van der Waals surface area contributed by atoms with Gasteiger partial charge in [-0.3, -0.25) is 0 Å². The van der Waals surface area contributed by atoms with Crippen molar-refractivity contribution in [1.82, 2.24) is 5.32 Å². The van der Waals surface area contributed by atoms with Gasteiger partial charge in [0.15, 0.2) is 0 Å². The maximum atomic E-state index is 4.05. The highest BCUT2D eigenvalue weighted by molar-refractivity contribution is 5.09. The van der Waals surface area contributed by atoms with Gasteiger partial charge in [0, 0.05) is 6.04 Å². The average Bonchev–Trinajstić information content (AvgIpc) is 2.37. The van der Waals surface area contributed by atoms with Gasteiger partial charge in [-0.05, 0) is 32.2 Å². The molecule has 1 aliphatic carbocycles. The molecule has 0 bridgehead atoms. The summed E-state index contributed by atoms with van der Waals surface area (Å²) < 4.78 is 0. The summed E-state index contributed by atoms with van der Waals surface area (Å²) in [6, 6.07) is 0.514. The summed E-state index contributed by atoms with van der Waals surface area (Å²) in [6.45, 7) is 8.57. The molecule has 12 heavy (non-hydrogen) atoms. The van der Waals surface area contributed by atoms with Gasteiger partial charge < -0.3 is 5.32 Å². The molecule has 1 atom stereocenters. The Morgan fingerprint density at radius 1 is 1.42 bits per heavy atom. The Bertz CT molecular complexity index is 166. The van der Waals surface area contributed by atoms with E-state index in [1.807, 2.05) is 7.05 Å². The van der Waals surface area contributed by atoms with Crippen LogP contribution in [-0.2, 0) is 0 Å². The molecule has 1 unspecified atom stereocenters. The van der Waals surface area contributed by atoms with Crippen molar-refractivity contribution >= 4 is 0 Å². The van der Waals surface area contributed by atoms with E-state index in [4.69, 9.17) is 0 Å². The molecule has 0 aromatic carbocycles. The van der Waals surface area contributed by atoms with Crippen LogP contribution in [-0.4, -0.2) is 13.1 Å². The molecule has 0 aliphatic heterocycles. The second-order valence-corrected chi connectivity index (χ2v) is 4.43. The van der Waals surface area contributed by atoms with Crippen LogP contribution in [0, 0.1) is 5.41 Å². The molecule has 0 saturated heterocycles. The monoisotopic (exact) mass is 167 g/mol. The summed E-state index contributed by atoms with van der Waals surface area (Å²) in [5, 5.41) is 3.38. The Hall–Kier alpha value is -0.300. The third-order valence-corrected chi connectivity index (χ3v) is 3.22. The largest absolute Gasteiger partial charge is 0.313 e. The van der Waals surface area contributed by atoms with Crippen LogP contribution in [0.3, 0.4) is 0 Å². The minimum absolute atomic E-state index is 0.473. The smallest absolute Gasteiger partial charge is 0.0325 e. The highest BCUT2D eigenvalue weighted by atomic mass is 14.9. The normalized spacial score (nSPS) is 23.9. The number of hydrogen-bond donors (Lipinski definition) is 1. The lowest BCUT2D eigenvalue weighted by Crippen LogP contribution is -2.40. The fraction of sp³-hybridized carbons (Fsp3) is 0.818. The molecule has 0 heterocycles. The van der Waals surface area contributed by atoms with Crippen LogP contribution >= 0.6 is 0 Å². The predicted molar refractivity (Wildman–Crippen MR) is 54.2 cm³/mol. The topological polar surface area (TPSA) is 12.0 Å². The van der Waals surface area contributed by atoms with Crippen LogP contribution in [0.25, 0.3) is 0 Å². The van der Waals surface area contributed by atoms with Gasteiger partial charge >= 0.3 is 0 Å². The molecule has 70 valence electrons. The van der Waals surface area contributed by atoms with Gasteiger partial charge in [0.25, 0.3) is 0 Å². The zero-order valence-electron chi connectivity index (χ0n) is 8.61. The summed E-state index contributed by atoms with van der Waals surface area (Å²) in [4.78, 5) is 0. The summed E-state index contributed by atoms with van der Waals surface area (Å²) in [5.41, 5.74) is 1.75. The first-order valence-electron chi connectivity index (χ1n) is 4.93. The van der Waals surface area contributed by atoms with Crippen LogP contribution in [0.4, 0.5) is 0 Å². The number of rotatable bonds is 3. The van der Waals surface area contributed by atoms with Crippen molar-refractivity contribution in [2.75, 3.05) is 7.05 Å². The molecule has 0 spiro atoms. The molecule has 0 aromatic heterocycles. The van der Waals surface area contributed by atoms with Crippen molar-refractivity contribution in [1.29, 1.82) is 0 Å². The van der Waals surface area contributed by atoms with Crippen molar-refractivity contribution in [3.63, 3.8) is 0 Å². The molecule has 1 nitrogen and oxygen atoms in total.